The molecule has 0 saturated carbocycles. The molecule has 1 rings (SSSR count). The molecule has 7 heteroatoms. The molecule has 0 aromatic heterocycles. The van der Waals surface area contributed by atoms with Crippen molar-refractivity contribution in [2.24, 2.45) is 0 Å². The first kappa shape index (κ1) is 13.4. The molecule has 0 aliphatic carbocycles. The van der Waals surface area contributed by atoms with Crippen LogP contribution in [-0.4, -0.2) is 58.6 Å². The Hall–Kier alpha value is -1.63. The molecule has 17 heavy (non-hydrogen) atoms. The highest BCUT2D eigenvalue weighted by Gasteiger charge is 2.25. The summed E-state index contributed by atoms with van der Waals surface area (Å²) in [6.07, 6.45) is 1.12. The number of aliphatic carboxylic acids is 1. The molecule has 3 N–H and O–H groups in total. The number of carboxylic acids is 1. The van der Waals surface area contributed by atoms with Gasteiger partial charge in [0.2, 0.25) is 11.8 Å². The van der Waals surface area contributed by atoms with Gasteiger partial charge in [-0.2, -0.15) is 0 Å². The zero-order valence-corrected chi connectivity index (χ0v) is 9.39. The van der Waals surface area contributed by atoms with Gasteiger partial charge in [-0.25, -0.2) is 4.79 Å². The van der Waals surface area contributed by atoms with Gasteiger partial charge in [0, 0.05) is 26.0 Å². The maximum absolute atomic E-state index is 11.5. The molecule has 1 aliphatic heterocycles. The summed E-state index contributed by atoms with van der Waals surface area (Å²) in [7, 11) is 0. The third-order valence-electron chi connectivity index (χ3n) is 2.56. The van der Waals surface area contributed by atoms with Crippen molar-refractivity contribution in [1.82, 2.24) is 10.2 Å². The van der Waals surface area contributed by atoms with E-state index < -0.39 is 17.9 Å². The van der Waals surface area contributed by atoms with Crippen LogP contribution >= 0.6 is 0 Å². The molecule has 1 atom stereocenters. The molecule has 7 nitrogen and oxygen atoms in total. The Kier molecular flexibility index (Phi) is 4.89. The third kappa shape index (κ3) is 4.03. The van der Waals surface area contributed by atoms with Gasteiger partial charge in [0.1, 0.15) is 6.04 Å². The van der Waals surface area contributed by atoms with Gasteiger partial charge in [-0.05, 0) is 6.42 Å². The van der Waals surface area contributed by atoms with E-state index in [2.05, 4.69) is 5.32 Å². The number of rotatable bonds is 6. The average Bonchev–Trinajstić information content (AvgIpc) is 2.63. The number of nitrogens with one attached hydrogen (secondary N) is 1. The van der Waals surface area contributed by atoms with Crippen LogP contribution < -0.4 is 5.32 Å². The maximum atomic E-state index is 11.5. The molecule has 0 spiro atoms. The van der Waals surface area contributed by atoms with Crippen molar-refractivity contribution in [2.45, 2.75) is 25.3 Å². The Labute approximate surface area is 98.4 Å². The smallest absolute Gasteiger partial charge is 0.326 e. The normalized spacial score (nSPS) is 17.0. The van der Waals surface area contributed by atoms with Gasteiger partial charge in [-0.15, -0.1) is 0 Å². The molecule has 1 aliphatic rings. The highest BCUT2D eigenvalue weighted by atomic mass is 16.4. The first-order valence-electron chi connectivity index (χ1n) is 5.45. The van der Waals surface area contributed by atoms with Crippen molar-refractivity contribution in [3.63, 3.8) is 0 Å². The largest absolute Gasteiger partial charge is 0.480 e. The molecule has 0 aromatic rings. The topological polar surface area (TPSA) is 107 Å². The monoisotopic (exact) mass is 244 g/mol. The molecule has 96 valence electrons. The van der Waals surface area contributed by atoms with Crippen molar-refractivity contribution in [2.75, 3.05) is 19.7 Å². The molecular weight excluding hydrogens is 228 g/mol. The SMILES string of the molecule is O=C(CN1CCCC1=O)NC(CCO)C(=O)O. The minimum atomic E-state index is -1.19. The van der Waals surface area contributed by atoms with Crippen molar-refractivity contribution < 1.29 is 24.6 Å². The lowest BCUT2D eigenvalue weighted by Crippen LogP contribution is -2.46. The lowest BCUT2D eigenvalue weighted by atomic mass is 10.2. The first-order valence-corrected chi connectivity index (χ1v) is 5.45. The Bertz CT molecular complexity index is 318. The van der Waals surface area contributed by atoms with Crippen LogP contribution in [-0.2, 0) is 14.4 Å². The fourth-order valence-corrected chi connectivity index (χ4v) is 1.67. The standard InChI is InChI=1S/C10H16N2O5/c13-5-3-7(10(16)17)11-8(14)6-12-4-1-2-9(12)15/h7,13H,1-6H2,(H,11,14)(H,16,17). The second-order valence-electron chi connectivity index (χ2n) is 3.89. The predicted molar refractivity (Wildman–Crippen MR) is 57.1 cm³/mol. The van der Waals surface area contributed by atoms with Crippen LogP contribution in [0.25, 0.3) is 0 Å². The zero-order valence-electron chi connectivity index (χ0n) is 9.39. The highest BCUT2D eigenvalue weighted by molar-refractivity contribution is 5.88. The lowest BCUT2D eigenvalue weighted by molar-refractivity contribution is -0.142. The Balaban J connectivity index is 2.41. The summed E-state index contributed by atoms with van der Waals surface area (Å²) < 4.78 is 0. The number of amides is 2. The van der Waals surface area contributed by atoms with E-state index in [1.54, 1.807) is 0 Å². The average molecular weight is 244 g/mol. The molecule has 1 heterocycles. The van der Waals surface area contributed by atoms with Crippen molar-refractivity contribution >= 4 is 17.8 Å². The summed E-state index contributed by atoms with van der Waals surface area (Å²) >= 11 is 0. The third-order valence-corrected chi connectivity index (χ3v) is 2.56. The number of hydrogen-bond acceptors (Lipinski definition) is 4. The molecule has 0 radical (unpaired) electrons. The minimum absolute atomic E-state index is 0.0466. The summed E-state index contributed by atoms with van der Waals surface area (Å²) in [4.78, 5) is 34.8. The quantitative estimate of drug-likeness (QED) is 0.530. The summed E-state index contributed by atoms with van der Waals surface area (Å²) in [5.41, 5.74) is 0. The van der Waals surface area contributed by atoms with Gasteiger partial charge in [-0.1, -0.05) is 0 Å². The van der Waals surface area contributed by atoms with Gasteiger partial charge >= 0.3 is 5.97 Å². The van der Waals surface area contributed by atoms with Crippen LogP contribution in [0.15, 0.2) is 0 Å². The summed E-state index contributed by atoms with van der Waals surface area (Å²) in [6, 6.07) is -1.11. The van der Waals surface area contributed by atoms with E-state index in [1.807, 2.05) is 0 Å². The molecule has 0 bridgehead atoms. The summed E-state index contributed by atoms with van der Waals surface area (Å²) in [5.74, 6) is -1.80. The van der Waals surface area contributed by atoms with Crippen LogP contribution in [0.1, 0.15) is 19.3 Å². The lowest BCUT2D eigenvalue weighted by Gasteiger charge is -2.17. The van der Waals surface area contributed by atoms with Crippen LogP contribution in [0, 0.1) is 0 Å². The Morgan fingerprint density at radius 3 is 2.65 bits per heavy atom. The van der Waals surface area contributed by atoms with Gasteiger partial charge in [0.25, 0.3) is 0 Å². The van der Waals surface area contributed by atoms with E-state index in [1.165, 1.54) is 4.90 Å². The zero-order chi connectivity index (χ0) is 12.8. The minimum Gasteiger partial charge on any atom is -0.480 e. The van der Waals surface area contributed by atoms with E-state index in [4.69, 9.17) is 10.2 Å². The maximum Gasteiger partial charge on any atom is 0.326 e. The van der Waals surface area contributed by atoms with Crippen molar-refractivity contribution in [3.05, 3.63) is 0 Å². The predicted octanol–water partition coefficient (Wildman–Crippen LogP) is -1.44. The summed E-state index contributed by atoms with van der Waals surface area (Å²) in [5, 5.41) is 19.7. The molecule has 2 amide bonds. The van der Waals surface area contributed by atoms with Gasteiger partial charge < -0.3 is 20.4 Å². The number of carbonyl (C=O) groups excluding carboxylic acids is 2. The van der Waals surface area contributed by atoms with E-state index in [9.17, 15) is 14.4 Å². The van der Waals surface area contributed by atoms with Crippen LogP contribution in [0.4, 0.5) is 0 Å². The second-order valence-corrected chi connectivity index (χ2v) is 3.89. The molecule has 1 saturated heterocycles. The van der Waals surface area contributed by atoms with E-state index >= 15 is 0 Å². The molecule has 1 fully saturated rings. The van der Waals surface area contributed by atoms with Crippen molar-refractivity contribution in [1.29, 1.82) is 0 Å². The molecular formula is C10H16N2O5. The van der Waals surface area contributed by atoms with Gasteiger partial charge in [-0.3, -0.25) is 9.59 Å². The van der Waals surface area contributed by atoms with Crippen LogP contribution in [0.3, 0.4) is 0 Å². The number of aliphatic hydroxyl groups is 1. The molecule has 0 aromatic carbocycles. The number of hydrogen-bond donors (Lipinski definition) is 3. The van der Waals surface area contributed by atoms with Crippen molar-refractivity contribution in [3.8, 4) is 0 Å². The van der Waals surface area contributed by atoms with E-state index in [-0.39, 0.29) is 25.5 Å². The highest BCUT2D eigenvalue weighted by Crippen LogP contribution is 2.08. The Morgan fingerprint density at radius 2 is 2.18 bits per heavy atom. The number of aliphatic hydroxyl groups excluding tert-OH is 1. The van der Waals surface area contributed by atoms with Crippen LogP contribution in [0.2, 0.25) is 0 Å². The van der Waals surface area contributed by atoms with Gasteiger partial charge in [0.05, 0.1) is 6.54 Å². The number of nitrogens with zero attached hydrogens (tertiary/aromatic N) is 1. The first-order chi connectivity index (χ1) is 8.04. The number of carbonyl (C=O) groups is 3. The number of carboxylic acid groups (broad SMARTS) is 1. The second kappa shape index (κ2) is 6.19. The Morgan fingerprint density at radius 1 is 1.47 bits per heavy atom. The van der Waals surface area contributed by atoms with Gasteiger partial charge in [0.15, 0.2) is 0 Å². The summed E-state index contributed by atoms with van der Waals surface area (Å²) in [6.45, 7) is 0.0952. The van der Waals surface area contributed by atoms with E-state index in [0.717, 1.165) is 6.42 Å². The fourth-order valence-electron chi connectivity index (χ4n) is 1.67. The van der Waals surface area contributed by atoms with Crippen LogP contribution in [0.5, 0.6) is 0 Å². The van der Waals surface area contributed by atoms with E-state index in [0.29, 0.717) is 13.0 Å². The number of likely N-dealkylation sites (tertiary alicyclic amines) is 1. The fraction of sp³-hybridized carbons (Fsp3) is 0.700. The molecule has 1 unspecified atom stereocenters.